The first-order chi connectivity index (χ1) is 12.8. The third-order valence-electron chi connectivity index (χ3n) is 5.45. The van der Waals surface area contributed by atoms with Crippen LogP contribution in [-0.4, -0.2) is 37.7 Å². The van der Waals surface area contributed by atoms with Gasteiger partial charge < -0.3 is 15.2 Å². The summed E-state index contributed by atoms with van der Waals surface area (Å²) in [6, 6.07) is 0.545. The molecular weight excluding hydrogens is 359 g/mol. The Morgan fingerprint density at radius 1 is 1.22 bits per heavy atom. The van der Waals surface area contributed by atoms with Crippen LogP contribution in [0.25, 0.3) is 0 Å². The van der Waals surface area contributed by atoms with Crippen LogP contribution in [0.4, 0.5) is 13.2 Å². The minimum atomic E-state index is -1.25. The van der Waals surface area contributed by atoms with E-state index in [0.29, 0.717) is 12.6 Å². The highest BCUT2D eigenvalue weighted by Gasteiger charge is 2.44. The number of benzene rings is 1. The zero-order valence-electron chi connectivity index (χ0n) is 14.8. The Bertz CT molecular complexity index is 899. The van der Waals surface area contributed by atoms with Crippen molar-refractivity contribution in [2.75, 3.05) is 0 Å². The van der Waals surface area contributed by atoms with Crippen molar-refractivity contribution >= 4 is 5.91 Å². The zero-order valence-corrected chi connectivity index (χ0v) is 14.8. The Labute approximate surface area is 154 Å². The van der Waals surface area contributed by atoms with E-state index >= 15 is 0 Å². The highest BCUT2D eigenvalue weighted by molar-refractivity contribution is 5.78. The topological polar surface area (TPSA) is 77.0 Å². The fourth-order valence-electron chi connectivity index (χ4n) is 4.18. The van der Waals surface area contributed by atoms with Crippen molar-refractivity contribution in [3.63, 3.8) is 0 Å². The number of carbonyl (C=O) groups excluding carboxylic acids is 1. The molecule has 27 heavy (non-hydrogen) atoms. The second kappa shape index (κ2) is 6.63. The molecule has 1 amide bonds. The molecule has 6 nitrogen and oxygen atoms in total. The summed E-state index contributed by atoms with van der Waals surface area (Å²) in [5.74, 6) is -1.75. The van der Waals surface area contributed by atoms with Crippen LogP contribution in [0.5, 0.6) is 0 Å². The molecular formula is C18H20F3N5O. The molecule has 0 aliphatic carbocycles. The predicted octanol–water partition coefficient (Wildman–Crippen LogP) is 2.01. The number of rotatable bonds is 4. The number of halogens is 3. The van der Waals surface area contributed by atoms with Crippen LogP contribution in [0.15, 0.2) is 12.1 Å². The van der Waals surface area contributed by atoms with Crippen molar-refractivity contribution in [1.82, 2.24) is 19.7 Å². The molecule has 2 N–H and O–H groups in total. The fraction of sp³-hybridized carbons (Fsp3) is 0.500. The van der Waals surface area contributed by atoms with Crippen LogP contribution in [0.3, 0.4) is 0 Å². The first-order valence-corrected chi connectivity index (χ1v) is 8.95. The first kappa shape index (κ1) is 18.0. The van der Waals surface area contributed by atoms with Gasteiger partial charge in [-0.3, -0.25) is 4.79 Å². The van der Waals surface area contributed by atoms with E-state index in [0.717, 1.165) is 30.6 Å². The molecule has 2 aliphatic rings. The molecule has 2 aromatic rings. The van der Waals surface area contributed by atoms with Crippen LogP contribution in [0.2, 0.25) is 0 Å². The van der Waals surface area contributed by atoms with Crippen LogP contribution >= 0.6 is 0 Å². The molecule has 3 heterocycles. The van der Waals surface area contributed by atoms with Gasteiger partial charge in [-0.1, -0.05) is 0 Å². The summed E-state index contributed by atoms with van der Waals surface area (Å²) in [7, 11) is 0. The van der Waals surface area contributed by atoms with Gasteiger partial charge >= 0.3 is 0 Å². The number of nitrogens with two attached hydrogens (primary N) is 1. The Hall–Kier alpha value is -2.42. The van der Waals surface area contributed by atoms with Crippen LogP contribution in [0, 0.1) is 24.4 Å². The monoisotopic (exact) mass is 379 g/mol. The SMILES string of the molecule is Cc1nnc2n1C[C@H]1CCC2N1C(=O)C[C@H](N)Cc1cc(F)c(F)cc1F. The molecule has 0 saturated carbocycles. The van der Waals surface area contributed by atoms with E-state index in [2.05, 4.69) is 10.2 Å². The van der Waals surface area contributed by atoms with Crippen molar-refractivity contribution in [2.24, 2.45) is 5.73 Å². The van der Waals surface area contributed by atoms with Gasteiger partial charge in [-0.25, -0.2) is 13.2 Å². The molecule has 0 spiro atoms. The summed E-state index contributed by atoms with van der Waals surface area (Å²) in [6.07, 6.45) is 1.65. The standard InChI is InChI=1S/C18H20F3N5O/c1-9-23-24-18-16-3-2-12(8-25(9)18)26(16)17(27)6-11(22)4-10-5-14(20)15(21)7-13(10)19/h5,7,11-12,16H,2-4,6,8,22H2,1H3/t11-,12-,16?/m1/s1. The predicted molar refractivity (Wildman–Crippen MR) is 90.0 cm³/mol. The Morgan fingerprint density at radius 3 is 2.74 bits per heavy atom. The zero-order chi connectivity index (χ0) is 19.3. The van der Waals surface area contributed by atoms with Crippen LogP contribution < -0.4 is 5.73 Å². The summed E-state index contributed by atoms with van der Waals surface area (Å²) in [5.41, 5.74) is 5.98. The van der Waals surface area contributed by atoms with E-state index in [-0.39, 0.29) is 36.4 Å². The smallest absolute Gasteiger partial charge is 0.225 e. The highest BCUT2D eigenvalue weighted by atomic mass is 19.2. The summed E-state index contributed by atoms with van der Waals surface area (Å²) in [4.78, 5) is 14.7. The van der Waals surface area contributed by atoms with Gasteiger partial charge in [-0.05, 0) is 37.8 Å². The van der Waals surface area contributed by atoms with Gasteiger partial charge in [0, 0.05) is 25.1 Å². The summed E-state index contributed by atoms with van der Waals surface area (Å²) in [5, 5.41) is 8.30. The Morgan fingerprint density at radius 2 is 1.96 bits per heavy atom. The minimum Gasteiger partial charge on any atom is -0.328 e. The molecule has 1 aromatic heterocycles. The maximum Gasteiger partial charge on any atom is 0.225 e. The van der Waals surface area contributed by atoms with E-state index in [9.17, 15) is 18.0 Å². The van der Waals surface area contributed by atoms with Gasteiger partial charge in [0.15, 0.2) is 17.5 Å². The molecule has 1 saturated heterocycles. The number of amides is 1. The normalized spacial score (nSPS) is 22.0. The molecule has 2 bridgehead atoms. The molecule has 1 fully saturated rings. The average molecular weight is 379 g/mol. The third-order valence-corrected chi connectivity index (χ3v) is 5.45. The van der Waals surface area contributed by atoms with E-state index in [1.807, 2.05) is 16.4 Å². The van der Waals surface area contributed by atoms with Crippen LogP contribution in [0.1, 0.15) is 42.5 Å². The lowest BCUT2D eigenvalue weighted by atomic mass is 10.0. The van der Waals surface area contributed by atoms with E-state index in [1.165, 1.54) is 0 Å². The van der Waals surface area contributed by atoms with Crippen molar-refractivity contribution < 1.29 is 18.0 Å². The Kier molecular flexibility index (Phi) is 4.41. The molecule has 1 aromatic carbocycles. The summed E-state index contributed by atoms with van der Waals surface area (Å²) < 4.78 is 42.2. The lowest BCUT2D eigenvalue weighted by Crippen LogP contribution is -2.46. The highest BCUT2D eigenvalue weighted by Crippen LogP contribution is 2.40. The fourth-order valence-corrected chi connectivity index (χ4v) is 4.18. The number of carbonyl (C=O) groups is 1. The quantitative estimate of drug-likeness (QED) is 0.825. The van der Waals surface area contributed by atoms with Crippen molar-refractivity contribution in [1.29, 1.82) is 0 Å². The molecule has 3 atom stereocenters. The van der Waals surface area contributed by atoms with E-state index < -0.39 is 23.5 Å². The largest absolute Gasteiger partial charge is 0.328 e. The molecule has 1 unspecified atom stereocenters. The summed E-state index contributed by atoms with van der Waals surface area (Å²) in [6.45, 7) is 2.54. The van der Waals surface area contributed by atoms with Gasteiger partial charge in [0.2, 0.25) is 5.91 Å². The van der Waals surface area contributed by atoms with E-state index in [4.69, 9.17) is 5.73 Å². The van der Waals surface area contributed by atoms with Crippen molar-refractivity contribution in [3.05, 3.63) is 46.8 Å². The second-order valence-electron chi connectivity index (χ2n) is 7.29. The van der Waals surface area contributed by atoms with Crippen molar-refractivity contribution in [2.45, 2.75) is 57.3 Å². The number of hydrogen-bond donors (Lipinski definition) is 1. The van der Waals surface area contributed by atoms with Crippen LogP contribution in [-0.2, 0) is 17.8 Å². The van der Waals surface area contributed by atoms with Gasteiger partial charge in [-0.15, -0.1) is 10.2 Å². The maximum atomic E-state index is 13.8. The second-order valence-corrected chi connectivity index (χ2v) is 7.29. The maximum absolute atomic E-state index is 13.8. The molecule has 2 aliphatic heterocycles. The molecule has 0 radical (unpaired) electrons. The first-order valence-electron chi connectivity index (χ1n) is 8.95. The average Bonchev–Trinajstić information content (AvgIpc) is 3.13. The Balaban J connectivity index is 1.46. The number of aryl methyl sites for hydroxylation is 1. The third kappa shape index (κ3) is 3.09. The number of hydrogen-bond acceptors (Lipinski definition) is 4. The lowest BCUT2D eigenvalue weighted by Gasteiger charge is -2.35. The van der Waals surface area contributed by atoms with Gasteiger partial charge in [0.1, 0.15) is 11.6 Å². The van der Waals surface area contributed by atoms with Gasteiger partial charge in [0.05, 0.1) is 12.1 Å². The van der Waals surface area contributed by atoms with Crippen molar-refractivity contribution in [3.8, 4) is 0 Å². The number of nitrogens with zero attached hydrogens (tertiary/aromatic N) is 4. The van der Waals surface area contributed by atoms with Gasteiger partial charge in [0.25, 0.3) is 0 Å². The summed E-state index contributed by atoms with van der Waals surface area (Å²) >= 11 is 0. The molecule has 144 valence electrons. The lowest BCUT2D eigenvalue weighted by molar-refractivity contribution is -0.136. The van der Waals surface area contributed by atoms with Gasteiger partial charge in [-0.2, -0.15) is 0 Å². The number of aromatic nitrogens is 3. The van der Waals surface area contributed by atoms with E-state index in [1.54, 1.807) is 0 Å². The number of fused-ring (bicyclic) bond motifs is 4. The molecule has 9 heteroatoms. The molecule has 4 rings (SSSR count). The minimum absolute atomic E-state index is 0.00143.